The van der Waals surface area contributed by atoms with Crippen molar-refractivity contribution in [2.24, 2.45) is 0 Å². The molecule has 14 rings (SSSR count). The number of nitrogens with zero attached hydrogens (tertiary/aromatic N) is 2. The van der Waals surface area contributed by atoms with Gasteiger partial charge in [-0.1, -0.05) is 139 Å². The molecule has 4 aliphatic rings. The minimum absolute atomic E-state index is 0.0227. The summed E-state index contributed by atoms with van der Waals surface area (Å²) in [5, 5.41) is 7.96. The minimum Gasteiger partial charge on any atom is -0.456 e. The number of hydrogen-bond donors (Lipinski definition) is 0. The fourth-order valence-electron chi connectivity index (χ4n) is 14.0. The number of furan rings is 1. The van der Waals surface area contributed by atoms with E-state index in [9.17, 15) is 0 Å². The first kappa shape index (κ1) is 44.0. The van der Waals surface area contributed by atoms with Crippen molar-refractivity contribution in [1.29, 1.82) is 0 Å². The quantitative estimate of drug-likeness (QED) is 0.153. The van der Waals surface area contributed by atoms with E-state index in [1.807, 2.05) is 11.3 Å². The molecule has 5 heterocycles. The number of anilines is 2. The zero-order valence-electron chi connectivity index (χ0n) is 44.4. The maximum atomic E-state index is 7.20. The molecule has 0 saturated carbocycles. The third-order valence-electron chi connectivity index (χ3n) is 18.6. The van der Waals surface area contributed by atoms with E-state index in [1.165, 1.54) is 151 Å². The maximum Gasteiger partial charge on any atom is 0.333 e. The van der Waals surface area contributed by atoms with Crippen molar-refractivity contribution in [3.05, 3.63) is 137 Å². The molecule has 2 aliphatic carbocycles. The van der Waals surface area contributed by atoms with Gasteiger partial charge in [-0.2, -0.15) is 0 Å². The second kappa shape index (κ2) is 13.6. The second-order valence-corrected chi connectivity index (χ2v) is 28.1. The van der Waals surface area contributed by atoms with Gasteiger partial charge in [-0.05, 0) is 157 Å². The SMILES string of the molecule is CC(C)(C)c1ccc(N2B3c4cc(C(C)(C)C)ccc4-n4c5cc6c(cc5c5c7c(sc8ccccc87)c(c3c54)-c3cc4c(cc32)oc2cc3c(cc24)C(C)(C)CCC3(C)C)C(C)(C)CCC6(C)C)cc1. The summed E-state index contributed by atoms with van der Waals surface area (Å²) in [6, 6.07) is 41.5. The minimum atomic E-state index is -0.109. The Hall–Kier alpha value is -5.78. The van der Waals surface area contributed by atoms with Gasteiger partial charge < -0.3 is 13.8 Å². The summed E-state index contributed by atoms with van der Waals surface area (Å²) < 4.78 is 12.7. The van der Waals surface area contributed by atoms with E-state index in [0.717, 1.165) is 11.2 Å². The zero-order valence-corrected chi connectivity index (χ0v) is 45.2. The van der Waals surface area contributed by atoms with Crippen molar-refractivity contribution < 1.29 is 4.42 Å². The standard InChI is InChI=1S/C66H67BN2OS/c1-61(2,3)36-19-22-38(23-20-36)69-51-35-53-40(41-31-44-47(34-52(41)70-53)66(13,14)28-26-63(44,7)8)30-42(51)57-58-59-55(56-39-17-15-16-18-54(39)71-60(56)57)43-32-45-46(65(11,12)27-25-64(45,9)10)33-50(43)68(59)49-24-21-37(62(4,5)6)29-48(49)67(58)69/h15-24,29-35H,25-28H2,1-14H3. The number of fused-ring (bicyclic) bond motifs is 18. The molecule has 3 aromatic heterocycles. The molecule has 0 fully saturated rings. The monoisotopic (exact) mass is 947 g/mol. The first-order valence-electron chi connectivity index (χ1n) is 26.5. The molecule has 10 aromatic rings. The van der Waals surface area contributed by atoms with Gasteiger partial charge in [0.1, 0.15) is 11.2 Å². The van der Waals surface area contributed by atoms with Crippen LogP contribution in [-0.4, -0.2) is 11.4 Å². The number of hydrogen-bond acceptors (Lipinski definition) is 3. The largest absolute Gasteiger partial charge is 0.456 e. The maximum absolute atomic E-state index is 7.20. The van der Waals surface area contributed by atoms with Crippen molar-refractivity contribution in [1.82, 2.24) is 4.57 Å². The number of rotatable bonds is 1. The average molecular weight is 947 g/mol. The first-order valence-corrected chi connectivity index (χ1v) is 27.4. The van der Waals surface area contributed by atoms with E-state index in [1.54, 1.807) is 0 Å². The molecule has 7 aromatic carbocycles. The van der Waals surface area contributed by atoms with Crippen molar-refractivity contribution in [3.63, 3.8) is 0 Å². The van der Waals surface area contributed by atoms with Crippen molar-refractivity contribution in [2.45, 2.75) is 155 Å². The molecular weight excluding hydrogens is 880 g/mol. The van der Waals surface area contributed by atoms with Gasteiger partial charge >= 0.3 is 6.85 Å². The summed E-state index contributed by atoms with van der Waals surface area (Å²) in [6.07, 6.45) is 4.70. The number of benzene rings is 7. The summed E-state index contributed by atoms with van der Waals surface area (Å²) >= 11 is 2.00. The van der Waals surface area contributed by atoms with Crippen LogP contribution in [0.15, 0.2) is 108 Å². The van der Waals surface area contributed by atoms with E-state index in [0.29, 0.717) is 0 Å². The van der Waals surface area contributed by atoms with E-state index >= 15 is 0 Å². The zero-order chi connectivity index (χ0) is 49.4. The van der Waals surface area contributed by atoms with Crippen molar-refractivity contribution in [3.8, 4) is 16.8 Å². The van der Waals surface area contributed by atoms with Gasteiger partial charge in [0.25, 0.3) is 0 Å². The van der Waals surface area contributed by atoms with Crippen LogP contribution in [0.3, 0.4) is 0 Å². The van der Waals surface area contributed by atoms with Gasteiger partial charge in [0.05, 0.1) is 11.0 Å². The van der Waals surface area contributed by atoms with Crippen molar-refractivity contribution in [2.75, 3.05) is 4.81 Å². The van der Waals surface area contributed by atoms with Crippen LogP contribution in [0, 0.1) is 0 Å². The molecule has 5 heteroatoms. The van der Waals surface area contributed by atoms with Gasteiger partial charge in [-0.15, -0.1) is 11.3 Å². The molecule has 2 aliphatic heterocycles. The van der Waals surface area contributed by atoms with E-state index in [4.69, 9.17) is 4.42 Å². The van der Waals surface area contributed by atoms with Crippen LogP contribution in [0.4, 0.5) is 11.4 Å². The van der Waals surface area contributed by atoms with Crippen LogP contribution < -0.4 is 15.7 Å². The van der Waals surface area contributed by atoms with Crippen LogP contribution in [0.2, 0.25) is 0 Å². The lowest BCUT2D eigenvalue weighted by Gasteiger charge is -2.43. The summed E-state index contributed by atoms with van der Waals surface area (Å²) in [4.78, 5) is 2.72. The third kappa shape index (κ3) is 5.85. The van der Waals surface area contributed by atoms with Crippen LogP contribution in [0.5, 0.6) is 0 Å². The Kier molecular flexibility index (Phi) is 8.44. The van der Waals surface area contributed by atoms with Crippen LogP contribution in [-0.2, 0) is 32.5 Å². The van der Waals surface area contributed by atoms with Gasteiger partial charge in [-0.3, -0.25) is 0 Å². The molecule has 0 radical (unpaired) electrons. The first-order chi connectivity index (χ1) is 33.4. The molecule has 0 N–H and O–H groups in total. The fourth-order valence-corrected chi connectivity index (χ4v) is 15.3. The van der Waals surface area contributed by atoms with Crippen molar-refractivity contribution >= 4 is 104 Å². The molecule has 71 heavy (non-hydrogen) atoms. The average Bonchev–Trinajstić information content (AvgIpc) is 3.99. The molecular formula is C66H67BN2OS. The lowest BCUT2D eigenvalue weighted by molar-refractivity contribution is 0.332. The normalized spacial score (nSPS) is 18.5. The third-order valence-corrected chi connectivity index (χ3v) is 19.8. The summed E-state index contributed by atoms with van der Waals surface area (Å²) in [7, 11) is 0. The Bertz CT molecular complexity index is 4020. The van der Waals surface area contributed by atoms with Gasteiger partial charge in [0, 0.05) is 76.0 Å². The lowest BCUT2D eigenvalue weighted by atomic mass is 9.43. The van der Waals surface area contributed by atoms with Crippen LogP contribution in [0.1, 0.15) is 156 Å². The fraction of sp³-hybridized carbons (Fsp3) is 0.364. The Balaban J connectivity index is 1.21. The smallest absolute Gasteiger partial charge is 0.333 e. The number of thiophene rings is 1. The van der Waals surface area contributed by atoms with Crippen LogP contribution >= 0.6 is 11.3 Å². The Morgan fingerprint density at radius 1 is 0.535 bits per heavy atom. The number of aromatic nitrogens is 1. The second-order valence-electron chi connectivity index (χ2n) is 27.1. The van der Waals surface area contributed by atoms with Gasteiger partial charge in [-0.25, -0.2) is 0 Å². The summed E-state index contributed by atoms with van der Waals surface area (Å²) in [5.41, 5.74) is 22.6. The molecule has 0 unspecified atom stereocenters. The predicted octanol–water partition coefficient (Wildman–Crippen LogP) is 17.6. The van der Waals surface area contributed by atoms with E-state index in [-0.39, 0.29) is 39.3 Å². The Morgan fingerprint density at radius 2 is 1.10 bits per heavy atom. The molecule has 0 amide bonds. The highest BCUT2D eigenvalue weighted by Gasteiger charge is 2.48. The predicted molar refractivity (Wildman–Crippen MR) is 308 cm³/mol. The van der Waals surface area contributed by atoms with Crippen LogP contribution in [0.25, 0.3) is 80.7 Å². The summed E-state index contributed by atoms with van der Waals surface area (Å²) in [6.45, 7) is 33.6. The molecule has 356 valence electrons. The highest BCUT2D eigenvalue weighted by molar-refractivity contribution is 7.27. The van der Waals surface area contributed by atoms with E-state index < -0.39 is 0 Å². The van der Waals surface area contributed by atoms with Gasteiger partial charge in [0.2, 0.25) is 0 Å². The Labute approximate surface area is 424 Å². The molecule has 0 bridgehead atoms. The Morgan fingerprint density at radius 3 is 1.75 bits per heavy atom. The molecule has 3 nitrogen and oxygen atoms in total. The van der Waals surface area contributed by atoms with E-state index in [2.05, 4.69) is 209 Å². The summed E-state index contributed by atoms with van der Waals surface area (Å²) in [5.74, 6) is 0. The van der Waals surface area contributed by atoms with Gasteiger partial charge in [0.15, 0.2) is 0 Å². The molecule has 0 saturated heterocycles. The molecule has 0 atom stereocenters. The topological polar surface area (TPSA) is 21.3 Å². The lowest BCUT2D eigenvalue weighted by Crippen LogP contribution is -2.60. The highest BCUT2D eigenvalue weighted by atomic mass is 32.1. The highest BCUT2D eigenvalue weighted by Crippen LogP contribution is 2.56. The molecule has 0 spiro atoms.